The molecule has 4 rings (SSSR count). The van der Waals surface area contributed by atoms with E-state index >= 15 is 0 Å². The maximum absolute atomic E-state index is 4.69. The summed E-state index contributed by atoms with van der Waals surface area (Å²) in [5.74, 6) is 0.580. The molecule has 0 unspecified atom stereocenters. The molecule has 0 bridgehead atoms. The van der Waals surface area contributed by atoms with Gasteiger partial charge in [0.05, 0.1) is 17.1 Å². The van der Waals surface area contributed by atoms with E-state index in [0.717, 1.165) is 28.3 Å². The molecule has 3 heterocycles. The summed E-state index contributed by atoms with van der Waals surface area (Å²) in [6.45, 7) is 0. The van der Waals surface area contributed by atoms with Gasteiger partial charge in [0.1, 0.15) is 5.69 Å². The molecule has 1 aromatic carbocycles. The van der Waals surface area contributed by atoms with Gasteiger partial charge in [-0.1, -0.05) is 30.3 Å². The number of benzene rings is 1. The summed E-state index contributed by atoms with van der Waals surface area (Å²) in [6.07, 6.45) is 7.55. The van der Waals surface area contributed by atoms with E-state index in [1.54, 1.807) is 12.4 Å². The van der Waals surface area contributed by atoms with Gasteiger partial charge in [0.2, 0.25) is 0 Å². The van der Waals surface area contributed by atoms with Crippen molar-refractivity contribution in [2.24, 2.45) is 0 Å². The standard InChI is InChI=1S/C24H21N5/c1-29(2)20-13-10-18(11-14-20)9-12-19-17-23(21-7-3-5-15-25-21)28-24(27-19)22-8-4-6-16-26-22/h3-17H,1-2H3/b12-9+. The lowest BCUT2D eigenvalue weighted by molar-refractivity contribution is 1.12. The van der Waals surface area contributed by atoms with Crippen LogP contribution in [0.15, 0.2) is 79.1 Å². The SMILES string of the molecule is CN(C)c1ccc(/C=C/c2cc(-c3ccccn3)nc(-c3ccccn3)n2)cc1. The zero-order valence-electron chi connectivity index (χ0n) is 16.4. The van der Waals surface area contributed by atoms with E-state index in [1.165, 1.54) is 5.69 Å². The third-order valence-corrected chi connectivity index (χ3v) is 4.42. The van der Waals surface area contributed by atoms with E-state index in [-0.39, 0.29) is 0 Å². The zero-order valence-corrected chi connectivity index (χ0v) is 16.4. The molecule has 142 valence electrons. The molecule has 29 heavy (non-hydrogen) atoms. The van der Waals surface area contributed by atoms with Crippen LogP contribution in [-0.4, -0.2) is 34.0 Å². The molecule has 4 aromatic rings. The van der Waals surface area contributed by atoms with Crippen LogP contribution < -0.4 is 4.90 Å². The molecule has 0 N–H and O–H groups in total. The number of aromatic nitrogens is 4. The Morgan fingerprint density at radius 2 is 1.38 bits per heavy atom. The van der Waals surface area contributed by atoms with Gasteiger partial charge in [-0.25, -0.2) is 9.97 Å². The number of hydrogen-bond donors (Lipinski definition) is 0. The quantitative estimate of drug-likeness (QED) is 0.497. The zero-order chi connectivity index (χ0) is 20.1. The highest BCUT2D eigenvalue weighted by molar-refractivity contribution is 5.72. The van der Waals surface area contributed by atoms with Crippen LogP contribution in [0.4, 0.5) is 5.69 Å². The fourth-order valence-corrected chi connectivity index (χ4v) is 2.87. The first-order chi connectivity index (χ1) is 14.2. The highest BCUT2D eigenvalue weighted by Gasteiger charge is 2.09. The fourth-order valence-electron chi connectivity index (χ4n) is 2.87. The van der Waals surface area contributed by atoms with Gasteiger partial charge in [0.15, 0.2) is 5.82 Å². The van der Waals surface area contributed by atoms with Crippen molar-refractivity contribution in [2.45, 2.75) is 0 Å². The minimum Gasteiger partial charge on any atom is -0.378 e. The number of rotatable bonds is 5. The molecule has 5 nitrogen and oxygen atoms in total. The summed E-state index contributed by atoms with van der Waals surface area (Å²) in [7, 11) is 4.06. The van der Waals surface area contributed by atoms with Crippen LogP contribution in [-0.2, 0) is 0 Å². The molecule has 0 radical (unpaired) electrons. The fraction of sp³-hybridized carbons (Fsp3) is 0.0833. The highest BCUT2D eigenvalue weighted by Crippen LogP contribution is 2.21. The van der Waals surface area contributed by atoms with Gasteiger partial charge < -0.3 is 4.90 Å². The summed E-state index contributed by atoms with van der Waals surface area (Å²) in [4.78, 5) is 20.3. The van der Waals surface area contributed by atoms with E-state index in [0.29, 0.717) is 5.82 Å². The molecular formula is C24H21N5. The van der Waals surface area contributed by atoms with Gasteiger partial charge in [-0.15, -0.1) is 0 Å². The molecule has 0 saturated heterocycles. The molecule has 0 aliphatic rings. The second-order valence-corrected chi connectivity index (χ2v) is 6.75. The Balaban J connectivity index is 1.72. The summed E-state index contributed by atoms with van der Waals surface area (Å²) in [6, 6.07) is 21.8. The molecule has 0 aliphatic carbocycles. The minimum atomic E-state index is 0.580. The molecule has 0 spiro atoms. The van der Waals surface area contributed by atoms with Crippen LogP contribution in [0.1, 0.15) is 11.3 Å². The third-order valence-electron chi connectivity index (χ3n) is 4.42. The average Bonchev–Trinajstić information content (AvgIpc) is 2.79. The van der Waals surface area contributed by atoms with Gasteiger partial charge in [0, 0.05) is 32.2 Å². The smallest absolute Gasteiger partial charge is 0.179 e. The minimum absolute atomic E-state index is 0.580. The summed E-state index contributed by atoms with van der Waals surface area (Å²) >= 11 is 0. The molecule has 0 aliphatic heterocycles. The number of hydrogen-bond acceptors (Lipinski definition) is 5. The van der Waals surface area contributed by atoms with Crippen molar-refractivity contribution < 1.29 is 0 Å². The molecule has 0 fully saturated rings. The number of pyridine rings is 2. The predicted molar refractivity (Wildman–Crippen MR) is 118 cm³/mol. The van der Waals surface area contributed by atoms with E-state index < -0.39 is 0 Å². The van der Waals surface area contributed by atoms with E-state index in [1.807, 2.05) is 68.7 Å². The van der Waals surface area contributed by atoms with Crippen molar-refractivity contribution in [3.05, 3.63) is 90.4 Å². The average molecular weight is 379 g/mol. The Bertz CT molecular complexity index is 1050. The van der Waals surface area contributed by atoms with Gasteiger partial charge in [-0.2, -0.15) is 0 Å². The second-order valence-electron chi connectivity index (χ2n) is 6.75. The maximum atomic E-state index is 4.69. The lowest BCUT2D eigenvalue weighted by atomic mass is 10.1. The van der Waals surface area contributed by atoms with Crippen LogP contribution in [0.2, 0.25) is 0 Å². The first-order valence-corrected chi connectivity index (χ1v) is 9.36. The van der Waals surface area contributed by atoms with Crippen molar-refractivity contribution in [1.82, 2.24) is 19.9 Å². The highest BCUT2D eigenvalue weighted by atomic mass is 15.1. The van der Waals surface area contributed by atoms with Crippen molar-refractivity contribution >= 4 is 17.8 Å². The van der Waals surface area contributed by atoms with E-state index in [9.17, 15) is 0 Å². The molecule has 0 saturated carbocycles. The van der Waals surface area contributed by atoms with Crippen molar-refractivity contribution in [2.75, 3.05) is 19.0 Å². The van der Waals surface area contributed by atoms with Gasteiger partial charge >= 0.3 is 0 Å². The van der Waals surface area contributed by atoms with Crippen LogP contribution in [0.25, 0.3) is 35.1 Å². The van der Waals surface area contributed by atoms with Crippen LogP contribution in [0, 0.1) is 0 Å². The van der Waals surface area contributed by atoms with Gasteiger partial charge in [0.25, 0.3) is 0 Å². The molecule has 3 aromatic heterocycles. The molecule has 0 atom stereocenters. The summed E-state index contributed by atoms with van der Waals surface area (Å²) < 4.78 is 0. The topological polar surface area (TPSA) is 54.8 Å². The van der Waals surface area contributed by atoms with Crippen molar-refractivity contribution in [3.63, 3.8) is 0 Å². The second kappa shape index (κ2) is 8.44. The Morgan fingerprint density at radius 3 is 2.00 bits per heavy atom. The monoisotopic (exact) mass is 379 g/mol. The van der Waals surface area contributed by atoms with Crippen LogP contribution in [0.3, 0.4) is 0 Å². The lowest BCUT2D eigenvalue weighted by Gasteiger charge is -2.11. The maximum Gasteiger partial charge on any atom is 0.179 e. The largest absolute Gasteiger partial charge is 0.378 e. The third kappa shape index (κ3) is 4.52. The predicted octanol–water partition coefficient (Wildman–Crippen LogP) is 4.84. The number of nitrogens with zero attached hydrogens (tertiary/aromatic N) is 5. The van der Waals surface area contributed by atoms with Gasteiger partial charge in [-0.3, -0.25) is 9.97 Å². The van der Waals surface area contributed by atoms with Crippen molar-refractivity contribution in [1.29, 1.82) is 0 Å². The Kier molecular flexibility index (Phi) is 5.38. The normalized spacial score (nSPS) is 11.0. The van der Waals surface area contributed by atoms with Crippen molar-refractivity contribution in [3.8, 4) is 22.9 Å². The Labute approximate surface area is 170 Å². The first kappa shape index (κ1) is 18.5. The van der Waals surface area contributed by atoms with Crippen LogP contribution in [0.5, 0.6) is 0 Å². The van der Waals surface area contributed by atoms with Gasteiger partial charge in [-0.05, 0) is 54.1 Å². The summed E-state index contributed by atoms with van der Waals surface area (Å²) in [5, 5.41) is 0. The first-order valence-electron chi connectivity index (χ1n) is 9.36. The van der Waals surface area contributed by atoms with E-state index in [4.69, 9.17) is 4.98 Å². The molecule has 0 amide bonds. The summed E-state index contributed by atoms with van der Waals surface area (Å²) in [5.41, 5.74) is 5.38. The number of anilines is 1. The Hall–Kier alpha value is -3.86. The van der Waals surface area contributed by atoms with E-state index in [2.05, 4.69) is 44.1 Å². The molecule has 5 heteroatoms. The lowest BCUT2D eigenvalue weighted by Crippen LogP contribution is -2.07. The molecular weight excluding hydrogens is 358 g/mol. The Morgan fingerprint density at radius 1 is 0.690 bits per heavy atom. The van der Waals surface area contributed by atoms with Crippen LogP contribution >= 0.6 is 0 Å².